The summed E-state index contributed by atoms with van der Waals surface area (Å²) in [4.78, 5) is 2.64. The average Bonchev–Trinajstić information content (AvgIpc) is 2.81. The van der Waals surface area contributed by atoms with Crippen molar-refractivity contribution in [2.75, 3.05) is 46.0 Å². The number of piperazine rings is 1. The first-order valence-corrected chi connectivity index (χ1v) is 11.3. The maximum absolute atomic E-state index is 6.13. The van der Waals surface area contributed by atoms with Gasteiger partial charge in [-0.05, 0) is 48.9 Å². The van der Waals surface area contributed by atoms with Crippen molar-refractivity contribution in [1.29, 1.82) is 0 Å². The van der Waals surface area contributed by atoms with E-state index in [1.807, 2.05) is 25.1 Å². The van der Waals surface area contributed by atoms with Crippen LogP contribution in [0.15, 0.2) is 48.5 Å². The summed E-state index contributed by atoms with van der Waals surface area (Å²) >= 11 is 0. The third-order valence-corrected chi connectivity index (χ3v) is 6.10. The molecule has 0 spiro atoms. The van der Waals surface area contributed by atoms with Gasteiger partial charge in [0.1, 0.15) is 6.61 Å². The Morgan fingerprint density at radius 1 is 1.00 bits per heavy atom. The van der Waals surface area contributed by atoms with E-state index in [0.29, 0.717) is 25.2 Å². The predicted molar refractivity (Wildman–Crippen MR) is 119 cm³/mol. The molecule has 2 fully saturated rings. The van der Waals surface area contributed by atoms with E-state index in [-0.39, 0.29) is 0 Å². The Balaban J connectivity index is 1.57. The fourth-order valence-electron chi connectivity index (χ4n) is 4.60. The maximum Gasteiger partial charge on any atom is 0.161 e. The second kappa shape index (κ2) is 10.8. The second-order valence-corrected chi connectivity index (χ2v) is 8.09. The number of hydrogen-bond acceptors (Lipinski definition) is 5. The Kier molecular flexibility index (Phi) is 7.62. The Bertz CT molecular complexity index is 753. The van der Waals surface area contributed by atoms with Gasteiger partial charge in [-0.2, -0.15) is 0 Å². The van der Waals surface area contributed by atoms with Crippen LogP contribution in [-0.2, 0) is 11.3 Å². The maximum atomic E-state index is 6.13. The van der Waals surface area contributed by atoms with Crippen LogP contribution in [0, 0.1) is 5.92 Å². The summed E-state index contributed by atoms with van der Waals surface area (Å²) in [7, 11) is 0. The zero-order valence-corrected chi connectivity index (χ0v) is 18.0. The molecule has 162 valence electrons. The smallest absolute Gasteiger partial charge is 0.161 e. The van der Waals surface area contributed by atoms with Gasteiger partial charge in [-0.15, -0.1) is 0 Å². The van der Waals surface area contributed by atoms with Crippen molar-refractivity contribution in [3.8, 4) is 11.5 Å². The minimum absolute atomic E-state index is 0.401. The third kappa shape index (κ3) is 5.34. The van der Waals surface area contributed by atoms with Crippen LogP contribution in [0.1, 0.15) is 36.9 Å². The predicted octanol–water partition coefficient (Wildman–Crippen LogP) is 4.04. The lowest BCUT2D eigenvalue weighted by molar-refractivity contribution is 0.0212. The monoisotopic (exact) mass is 410 g/mol. The zero-order valence-electron chi connectivity index (χ0n) is 18.0. The van der Waals surface area contributed by atoms with E-state index < -0.39 is 0 Å². The minimum atomic E-state index is 0.401. The van der Waals surface area contributed by atoms with E-state index in [2.05, 4.69) is 40.5 Å². The van der Waals surface area contributed by atoms with Crippen LogP contribution in [0.5, 0.6) is 11.5 Å². The first-order chi connectivity index (χ1) is 14.8. The molecule has 5 nitrogen and oxygen atoms in total. The second-order valence-electron chi connectivity index (χ2n) is 8.09. The molecule has 0 unspecified atom stereocenters. The van der Waals surface area contributed by atoms with Gasteiger partial charge < -0.3 is 19.5 Å². The number of rotatable bonds is 8. The summed E-state index contributed by atoms with van der Waals surface area (Å²) in [6.07, 6.45) is 2.23. The van der Waals surface area contributed by atoms with Gasteiger partial charge in [-0.25, -0.2) is 0 Å². The van der Waals surface area contributed by atoms with Crippen LogP contribution in [-0.4, -0.2) is 50.9 Å². The summed E-state index contributed by atoms with van der Waals surface area (Å²) in [5, 5.41) is 3.49. The molecule has 0 amide bonds. The molecule has 2 aliphatic heterocycles. The van der Waals surface area contributed by atoms with Gasteiger partial charge >= 0.3 is 0 Å². The van der Waals surface area contributed by atoms with Gasteiger partial charge in [-0.3, -0.25) is 4.90 Å². The number of benzene rings is 2. The molecule has 0 radical (unpaired) electrons. The van der Waals surface area contributed by atoms with E-state index in [1.165, 1.54) is 5.56 Å². The van der Waals surface area contributed by atoms with E-state index in [9.17, 15) is 0 Å². The van der Waals surface area contributed by atoms with E-state index >= 15 is 0 Å². The largest absolute Gasteiger partial charge is 0.490 e. The van der Waals surface area contributed by atoms with Gasteiger partial charge in [0.05, 0.1) is 6.61 Å². The van der Waals surface area contributed by atoms with Crippen molar-refractivity contribution in [3.63, 3.8) is 0 Å². The first kappa shape index (κ1) is 21.2. The average molecular weight is 411 g/mol. The van der Waals surface area contributed by atoms with Gasteiger partial charge in [0.25, 0.3) is 0 Å². The van der Waals surface area contributed by atoms with Crippen LogP contribution in [0.4, 0.5) is 0 Å². The molecule has 2 heterocycles. The van der Waals surface area contributed by atoms with E-state index in [1.54, 1.807) is 0 Å². The summed E-state index contributed by atoms with van der Waals surface area (Å²) in [6, 6.07) is 17.2. The van der Waals surface area contributed by atoms with Crippen molar-refractivity contribution in [1.82, 2.24) is 10.2 Å². The SMILES string of the molecule is CCOc1cc([C@H](C2CCOCC2)N2CCNCC2)ccc1OCc1ccccc1. The highest BCUT2D eigenvalue weighted by Crippen LogP contribution is 2.39. The zero-order chi connectivity index (χ0) is 20.6. The Labute approximate surface area is 180 Å². The highest BCUT2D eigenvalue weighted by molar-refractivity contribution is 5.44. The summed E-state index contributed by atoms with van der Waals surface area (Å²) in [5.41, 5.74) is 2.49. The van der Waals surface area contributed by atoms with Crippen molar-refractivity contribution in [3.05, 3.63) is 59.7 Å². The first-order valence-electron chi connectivity index (χ1n) is 11.3. The summed E-state index contributed by atoms with van der Waals surface area (Å²) in [5.74, 6) is 2.27. The molecule has 2 aliphatic rings. The molecule has 1 N–H and O–H groups in total. The van der Waals surface area contributed by atoms with Gasteiger partial charge in [0.15, 0.2) is 11.5 Å². The normalized spacial score (nSPS) is 19.4. The van der Waals surface area contributed by atoms with E-state index in [4.69, 9.17) is 14.2 Å². The van der Waals surface area contributed by atoms with Crippen molar-refractivity contribution in [2.45, 2.75) is 32.4 Å². The lowest BCUT2D eigenvalue weighted by atomic mass is 9.85. The fraction of sp³-hybridized carbons (Fsp3) is 0.520. The number of nitrogens with one attached hydrogen (secondary N) is 1. The lowest BCUT2D eigenvalue weighted by Crippen LogP contribution is -2.47. The molecule has 0 saturated carbocycles. The molecule has 2 aromatic carbocycles. The van der Waals surface area contributed by atoms with Crippen LogP contribution >= 0.6 is 0 Å². The molecule has 5 heteroatoms. The quantitative estimate of drug-likeness (QED) is 0.712. The number of nitrogens with zero attached hydrogens (tertiary/aromatic N) is 1. The lowest BCUT2D eigenvalue weighted by Gasteiger charge is -2.41. The fourth-order valence-corrected chi connectivity index (χ4v) is 4.60. The Morgan fingerprint density at radius 2 is 1.77 bits per heavy atom. The summed E-state index contributed by atoms with van der Waals surface area (Å²) < 4.78 is 17.8. The minimum Gasteiger partial charge on any atom is -0.490 e. The highest BCUT2D eigenvalue weighted by atomic mass is 16.5. The van der Waals surface area contributed by atoms with Crippen molar-refractivity contribution < 1.29 is 14.2 Å². The van der Waals surface area contributed by atoms with E-state index in [0.717, 1.165) is 69.3 Å². The number of ether oxygens (including phenoxy) is 3. The standard InChI is InChI=1S/C25H34N2O3/c1-2-29-24-18-22(8-9-23(24)30-19-20-6-4-3-5-7-20)25(21-10-16-28-17-11-21)27-14-12-26-13-15-27/h3-9,18,21,25-26H,2,10-17,19H2,1H3/t25-/m0/s1. The van der Waals surface area contributed by atoms with Gasteiger partial charge in [-0.1, -0.05) is 36.4 Å². The highest BCUT2D eigenvalue weighted by Gasteiger charge is 2.31. The molecule has 2 saturated heterocycles. The molecule has 30 heavy (non-hydrogen) atoms. The molecule has 0 aliphatic carbocycles. The summed E-state index contributed by atoms with van der Waals surface area (Å²) in [6.45, 7) is 9.19. The van der Waals surface area contributed by atoms with Crippen molar-refractivity contribution in [2.24, 2.45) is 5.92 Å². The molecule has 1 atom stereocenters. The molecule has 0 bridgehead atoms. The van der Waals surface area contributed by atoms with Crippen molar-refractivity contribution >= 4 is 0 Å². The molecule has 4 rings (SSSR count). The molecular formula is C25H34N2O3. The Morgan fingerprint density at radius 3 is 2.50 bits per heavy atom. The molecular weight excluding hydrogens is 376 g/mol. The Hall–Kier alpha value is -2.08. The molecule has 0 aromatic heterocycles. The third-order valence-electron chi connectivity index (χ3n) is 6.10. The topological polar surface area (TPSA) is 43.0 Å². The van der Waals surface area contributed by atoms with Crippen LogP contribution in [0.3, 0.4) is 0 Å². The van der Waals surface area contributed by atoms with Crippen LogP contribution < -0.4 is 14.8 Å². The van der Waals surface area contributed by atoms with Gasteiger partial charge in [0.2, 0.25) is 0 Å². The van der Waals surface area contributed by atoms with Crippen LogP contribution in [0.2, 0.25) is 0 Å². The van der Waals surface area contributed by atoms with Crippen LogP contribution in [0.25, 0.3) is 0 Å². The van der Waals surface area contributed by atoms with Gasteiger partial charge in [0, 0.05) is 45.4 Å². The molecule has 2 aromatic rings. The number of hydrogen-bond donors (Lipinski definition) is 1.